The van der Waals surface area contributed by atoms with Gasteiger partial charge in [-0.3, -0.25) is 4.79 Å². The Morgan fingerprint density at radius 3 is 2.72 bits per heavy atom. The van der Waals surface area contributed by atoms with Gasteiger partial charge in [0.2, 0.25) is 5.91 Å². The van der Waals surface area contributed by atoms with Crippen molar-refractivity contribution in [3.63, 3.8) is 0 Å². The molecule has 25 heavy (non-hydrogen) atoms. The number of carbonyl (C=O) groups excluding carboxylic acids is 1. The molecule has 0 radical (unpaired) electrons. The lowest BCUT2D eigenvalue weighted by Gasteiger charge is -2.14. The van der Waals surface area contributed by atoms with E-state index in [4.69, 9.17) is 4.74 Å². The average Bonchev–Trinajstić information content (AvgIpc) is 2.97. The lowest BCUT2D eigenvalue weighted by atomic mass is 10.1. The molecule has 0 saturated carbocycles. The minimum Gasteiger partial charge on any atom is -0.369 e. The summed E-state index contributed by atoms with van der Waals surface area (Å²) in [5.74, 6) is 1.50. The standard InChI is InChI=1S/C20H29N3O2/c1-15(2)8-11-25-16(3)20(24)22-13-18-6-5-7-19(12-18)14-23-10-9-21-17(23)4/h5-7,9-10,12,15-16H,8,11,13-14H2,1-4H3,(H,22,24)/t16-/m0/s1. The number of hydrogen-bond acceptors (Lipinski definition) is 3. The van der Waals surface area contributed by atoms with Crippen LogP contribution in [0.15, 0.2) is 36.7 Å². The largest absolute Gasteiger partial charge is 0.369 e. The summed E-state index contributed by atoms with van der Waals surface area (Å²) in [6.45, 7) is 9.99. The first-order valence-corrected chi connectivity index (χ1v) is 8.90. The fourth-order valence-electron chi connectivity index (χ4n) is 2.49. The first-order valence-electron chi connectivity index (χ1n) is 8.90. The van der Waals surface area contributed by atoms with E-state index in [9.17, 15) is 4.79 Å². The number of hydrogen-bond donors (Lipinski definition) is 1. The Hall–Kier alpha value is -2.14. The molecule has 1 atom stereocenters. The van der Waals surface area contributed by atoms with Crippen molar-refractivity contribution < 1.29 is 9.53 Å². The van der Waals surface area contributed by atoms with Gasteiger partial charge >= 0.3 is 0 Å². The topological polar surface area (TPSA) is 56.2 Å². The molecule has 0 aliphatic heterocycles. The number of aromatic nitrogens is 2. The van der Waals surface area contributed by atoms with E-state index in [0.29, 0.717) is 19.1 Å². The zero-order chi connectivity index (χ0) is 18.2. The molecule has 1 N–H and O–H groups in total. The third kappa shape index (κ3) is 6.35. The van der Waals surface area contributed by atoms with Gasteiger partial charge in [-0.05, 0) is 37.3 Å². The minimum absolute atomic E-state index is 0.0698. The number of amides is 1. The summed E-state index contributed by atoms with van der Waals surface area (Å²) in [5, 5.41) is 2.95. The molecule has 5 nitrogen and oxygen atoms in total. The number of aryl methyl sites for hydroxylation is 1. The lowest BCUT2D eigenvalue weighted by molar-refractivity contribution is -0.132. The summed E-state index contributed by atoms with van der Waals surface area (Å²) in [5.41, 5.74) is 2.27. The summed E-state index contributed by atoms with van der Waals surface area (Å²) in [6, 6.07) is 8.24. The van der Waals surface area contributed by atoms with Crippen molar-refractivity contribution in [2.24, 2.45) is 5.92 Å². The molecule has 0 bridgehead atoms. The molecule has 2 aromatic rings. The Morgan fingerprint density at radius 1 is 1.28 bits per heavy atom. The first-order chi connectivity index (χ1) is 12.0. The molecule has 5 heteroatoms. The highest BCUT2D eigenvalue weighted by Gasteiger charge is 2.13. The van der Waals surface area contributed by atoms with Crippen molar-refractivity contribution in [1.82, 2.24) is 14.9 Å². The van der Waals surface area contributed by atoms with Gasteiger partial charge in [0.25, 0.3) is 0 Å². The first kappa shape index (κ1) is 19.2. The highest BCUT2D eigenvalue weighted by atomic mass is 16.5. The van der Waals surface area contributed by atoms with Crippen LogP contribution >= 0.6 is 0 Å². The van der Waals surface area contributed by atoms with Crippen LogP contribution in [0.25, 0.3) is 0 Å². The SMILES string of the molecule is Cc1nccn1Cc1cccc(CNC(=O)[C@H](C)OCCC(C)C)c1. The molecule has 1 amide bonds. The van der Waals surface area contributed by atoms with Gasteiger partial charge in [0.15, 0.2) is 0 Å². The van der Waals surface area contributed by atoms with Gasteiger partial charge in [0.05, 0.1) is 0 Å². The number of rotatable bonds is 9. The van der Waals surface area contributed by atoms with Gasteiger partial charge in [-0.15, -0.1) is 0 Å². The Kier molecular flexibility index (Phi) is 7.19. The van der Waals surface area contributed by atoms with Crippen LogP contribution in [0.3, 0.4) is 0 Å². The van der Waals surface area contributed by atoms with E-state index in [1.54, 1.807) is 13.1 Å². The van der Waals surface area contributed by atoms with Gasteiger partial charge in [0, 0.05) is 32.1 Å². The molecular weight excluding hydrogens is 314 g/mol. The highest BCUT2D eigenvalue weighted by molar-refractivity contribution is 5.80. The Labute approximate surface area is 150 Å². The summed E-state index contributed by atoms with van der Waals surface area (Å²) < 4.78 is 7.69. The Balaban J connectivity index is 1.83. The number of nitrogens with zero attached hydrogens (tertiary/aromatic N) is 2. The third-order valence-electron chi connectivity index (χ3n) is 4.17. The quantitative estimate of drug-likeness (QED) is 0.760. The van der Waals surface area contributed by atoms with Crippen LogP contribution in [0.2, 0.25) is 0 Å². The van der Waals surface area contributed by atoms with Gasteiger partial charge in [-0.1, -0.05) is 38.1 Å². The maximum atomic E-state index is 12.1. The van der Waals surface area contributed by atoms with E-state index in [0.717, 1.165) is 24.4 Å². The maximum Gasteiger partial charge on any atom is 0.249 e. The maximum absolute atomic E-state index is 12.1. The summed E-state index contributed by atoms with van der Waals surface area (Å²) in [4.78, 5) is 16.4. The molecule has 1 aromatic carbocycles. The zero-order valence-electron chi connectivity index (χ0n) is 15.7. The number of nitrogens with one attached hydrogen (secondary N) is 1. The molecule has 0 unspecified atom stereocenters. The van der Waals surface area contributed by atoms with Crippen LogP contribution in [0.5, 0.6) is 0 Å². The van der Waals surface area contributed by atoms with Crippen LogP contribution in [-0.4, -0.2) is 28.2 Å². The van der Waals surface area contributed by atoms with Gasteiger partial charge in [-0.2, -0.15) is 0 Å². The molecule has 136 valence electrons. The molecule has 0 aliphatic carbocycles. The third-order valence-corrected chi connectivity index (χ3v) is 4.17. The van der Waals surface area contributed by atoms with Crippen molar-refractivity contribution in [3.8, 4) is 0 Å². The van der Waals surface area contributed by atoms with Crippen LogP contribution < -0.4 is 5.32 Å². The smallest absolute Gasteiger partial charge is 0.249 e. The van der Waals surface area contributed by atoms with Crippen molar-refractivity contribution in [1.29, 1.82) is 0 Å². The number of benzene rings is 1. The predicted octanol–water partition coefficient (Wildman–Crippen LogP) is 3.31. The molecule has 1 heterocycles. The van der Waals surface area contributed by atoms with Crippen molar-refractivity contribution in [3.05, 3.63) is 53.6 Å². The van der Waals surface area contributed by atoms with Crippen molar-refractivity contribution in [2.45, 2.75) is 53.3 Å². The van der Waals surface area contributed by atoms with E-state index in [1.165, 1.54) is 5.56 Å². The molecule has 0 spiro atoms. The highest BCUT2D eigenvalue weighted by Crippen LogP contribution is 2.09. The number of imidazole rings is 1. The Morgan fingerprint density at radius 2 is 2.04 bits per heavy atom. The predicted molar refractivity (Wildman–Crippen MR) is 99.2 cm³/mol. The second kappa shape index (κ2) is 9.37. The van der Waals surface area contributed by atoms with E-state index in [2.05, 4.69) is 40.8 Å². The second-order valence-electron chi connectivity index (χ2n) is 6.84. The number of carbonyl (C=O) groups is 1. The summed E-state index contributed by atoms with van der Waals surface area (Å²) in [7, 11) is 0. The summed E-state index contributed by atoms with van der Waals surface area (Å²) in [6.07, 6.45) is 4.32. The van der Waals surface area contributed by atoms with Crippen LogP contribution in [-0.2, 0) is 22.6 Å². The summed E-state index contributed by atoms with van der Waals surface area (Å²) >= 11 is 0. The Bertz CT molecular complexity index is 679. The molecule has 0 saturated heterocycles. The van der Waals surface area contributed by atoms with Gasteiger partial charge in [-0.25, -0.2) is 4.98 Å². The number of ether oxygens (including phenoxy) is 1. The normalized spacial score (nSPS) is 12.4. The minimum atomic E-state index is -0.421. The fourth-order valence-corrected chi connectivity index (χ4v) is 2.49. The van der Waals surface area contributed by atoms with E-state index >= 15 is 0 Å². The van der Waals surface area contributed by atoms with Gasteiger partial charge in [0.1, 0.15) is 11.9 Å². The molecule has 0 fully saturated rings. The monoisotopic (exact) mass is 343 g/mol. The molecule has 2 rings (SSSR count). The van der Waals surface area contributed by atoms with E-state index < -0.39 is 6.10 Å². The van der Waals surface area contributed by atoms with Crippen molar-refractivity contribution >= 4 is 5.91 Å². The van der Waals surface area contributed by atoms with E-state index in [1.807, 2.05) is 25.3 Å². The van der Waals surface area contributed by atoms with Gasteiger partial charge < -0.3 is 14.6 Å². The van der Waals surface area contributed by atoms with Crippen LogP contribution in [0, 0.1) is 12.8 Å². The lowest BCUT2D eigenvalue weighted by Crippen LogP contribution is -2.34. The fraction of sp³-hybridized carbons (Fsp3) is 0.500. The average molecular weight is 343 g/mol. The molecule has 1 aromatic heterocycles. The molecular formula is C20H29N3O2. The second-order valence-corrected chi connectivity index (χ2v) is 6.84. The van der Waals surface area contributed by atoms with Crippen molar-refractivity contribution in [2.75, 3.05) is 6.61 Å². The van der Waals surface area contributed by atoms with Crippen LogP contribution in [0.4, 0.5) is 0 Å². The van der Waals surface area contributed by atoms with E-state index in [-0.39, 0.29) is 5.91 Å². The zero-order valence-corrected chi connectivity index (χ0v) is 15.7. The van der Waals surface area contributed by atoms with Crippen LogP contribution in [0.1, 0.15) is 44.1 Å². The molecule has 0 aliphatic rings.